The van der Waals surface area contributed by atoms with Crippen molar-refractivity contribution in [2.45, 2.75) is 26.8 Å². The number of amides is 1. The van der Waals surface area contributed by atoms with Crippen molar-refractivity contribution in [3.63, 3.8) is 0 Å². The molecule has 0 bridgehead atoms. The van der Waals surface area contributed by atoms with Gasteiger partial charge in [0.05, 0.1) is 6.04 Å². The van der Waals surface area contributed by atoms with E-state index in [0.29, 0.717) is 12.1 Å². The van der Waals surface area contributed by atoms with Crippen LogP contribution in [0.15, 0.2) is 30.3 Å². The molecule has 1 unspecified atom stereocenters. The fourth-order valence-corrected chi connectivity index (χ4v) is 1.75. The summed E-state index contributed by atoms with van der Waals surface area (Å²) in [6.45, 7) is 5.67. The molecule has 0 heterocycles. The normalized spacial score (nSPS) is 11.9. The summed E-state index contributed by atoms with van der Waals surface area (Å²) in [5.74, 6) is -0.0862. The Morgan fingerprint density at radius 3 is 2.25 bits per heavy atom. The maximum atomic E-state index is 12.1. The first-order valence-electron chi connectivity index (χ1n) is 5.44. The Morgan fingerprint density at radius 2 is 1.81 bits per heavy atom. The highest BCUT2D eigenvalue weighted by Gasteiger charge is 2.22. The van der Waals surface area contributed by atoms with Gasteiger partial charge < -0.3 is 4.90 Å². The number of carbonyl (C=O) groups excluding carboxylic acids is 2. The van der Waals surface area contributed by atoms with Gasteiger partial charge in [-0.25, -0.2) is 0 Å². The van der Waals surface area contributed by atoms with Crippen LogP contribution in [0.2, 0.25) is 0 Å². The molecular weight excluding hydrogens is 202 g/mol. The lowest BCUT2D eigenvalue weighted by Crippen LogP contribution is -2.41. The fourth-order valence-electron chi connectivity index (χ4n) is 1.75. The zero-order chi connectivity index (χ0) is 12.1. The van der Waals surface area contributed by atoms with E-state index in [1.54, 1.807) is 24.0 Å². The number of benzene rings is 1. The first-order valence-corrected chi connectivity index (χ1v) is 5.44. The number of nitrogens with zero attached hydrogens (tertiary/aromatic N) is 1. The SMILES string of the molecule is CCN(C(C)=O)C(C)C(=O)c1ccccc1. The van der Waals surface area contributed by atoms with Crippen molar-refractivity contribution >= 4 is 11.7 Å². The van der Waals surface area contributed by atoms with Gasteiger partial charge in [-0.15, -0.1) is 0 Å². The van der Waals surface area contributed by atoms with Gasteiger partial charge in [-0.2, -0.15) is 0 Å². The van der Waals surface area contributed by atoms with Crippen LogP contribution >= 0.6 is 0 Å². The quantitative estimate of drug-likeness (QED) is 0.727. The monoisotopic (exact) mass is 219 g/mol. The van der Waals surface area contributed by atoms with Crippen molar-refractivity contribution < 1.29 is 9.59 Å². The summed E-state index contributed by atoms with van der Waals surface area (Å²) in [6.07, 6.45) is 0. The van der Waals surface area contributed by atoms with Crippen LogP contribution in [0.4, 0.5) is 0 Å². The molecule has 3 heteroatoms. The molecule has 0 aliphatic heterocycles. The molecule has 1 aromatic rings. The van der Waals surface area contributed by atoms with Gasteiger partial charge in [-0.05, 0) is 13.8 Å². The van der Waals surface area contributed by atoms with E-state index < -0.39 is 6.04 Å². The zero-order valence-corrected chi connectivity index (χ0v) is 9.93. The van der Waals surface area contributed by atoms with E-state index in [1.807, 2.05) is 25.1 Å². The highest BCUT2D eigenvalue weighted by Crippen LogP contribution is 2.09. The minimum Gasteiger partial charge on any atom is -0.333 e. The number of hydrogen-bond acceptors (Lipinski definition) is 2. The van der Waals surface area contributed by atoms with E-state index >= 15 is 0 Å². The van der Waals surface area contributed by atoms with Gasteiger partial charge in [0, 0.05) is 19.0 Å². The summed E-state index contributed by atoms with van der Waals surface area (Å²) in [5, 5.41) is 0. The second-order valence-corrected chi connectivity index (χ2v) is 3.71. The summed E-state index contributed by atoms with van der Waals surface area (Å²) in [4.78, 5) is 24.9. The average molecular weight is 219 g/mol. The molecule has 0 aromatic heterocycles. The lowest BCUT2D eigenvalue weighted by atomic mass is 10.0. The maximum Gasteiger partial charge on any atom is 0.220 e. The molecule has 1 rings (SSSR count). The first kappa shape index (κ1) is 12.4. The number of rotatable bonds is 4. The van der Waals surface area contributed by atoms with Gasteiger partial charge >= 0.3 is 0 Å². The van der Waals surface area contributed by atoms with Crippen molar-refractivity contribution in [2.75, 3.05) is 6.54 Å². The van der Waals surface area contributed by atoms with Crippen molar-refractivity contribution in [1.29, 1.82) is 0 Å². The summed E-state index contributed by atoms with van der Waals surface area (Å²) < 4.78 is 0. The van der Waals surface area contributed by atoms with Crippen LogP contribution in [0.5, 0.6) is 0 Å². The van der Waals surface area contributed by atoms with Gasteiger partial charge in [0.2, 0.25) is 5.91 Å². The molecule has 0 radical (unpaired) electrons. The first-order chi connectivity index (χ1) is 7.57. The lowest BCUT2D eigenvalue weighted by molar-refractivity contribution is -0.129. The molecule has 0 aliphatic rings. The van der Waals surface area contributed by atoms with Crippen LogP contribution in [0.25, 0.3) is 0 Å². The number of likely N-dealkylation sites (N-methyl/N-ethyl adjacent to an activating group) is 1. The molecule has 0 spiro atoms. The van der Waals surface area contributed by atoms with Crippen LogP contribution in [-0.2, 0) is 4.79 Å². The Kier molecular flexibility index (Phi) is 4.23. The van der Waals surface area contributed by atoms with Crippen LogP contribution < -0.4 is 0 Å². The Balaban J connectivity index is 2.86. The van der Waals surface area contributed by atoms with Gasteiger partial charge in [0.25, 0.3) is 0 Å². The van der Waals surface area contributed by atoms with Gasteiger partial charge in [-0.3, -0.25) is 9.59 Å². The van der Waals surface area contributed by atoms with Crippen molar-refractivity contribution in [2.24, 2.45) is 0 Å². The Labute approximate surface area is 96.1 Å². The molecule has 0 saturated heterocycles. The van der Waals surface area contributed by atoms with Crippen LogP contribution in [0.1, 0.15) is 31.1 Å². The highest BCUT2D eigenvalue weighted by atomic mass is 16.2. The number of carbonyl (C=O) groups is 2. The van der Waals surface area contributed by atoms with Gasteiger partial charge in [0.15, 0.2) is 5.78 Å². The topological polar surface area (TPSA) is 37.4 Å². The molecule has 0 N–H and O–H groups in total. The van der Waals surface area contributed by atoms with E-state index in [-0.39, 0.29) is 11.7 Å². The molecule has 1 atom stereocenters. The van der Waals surface area contributed by atoms with Crippen molar-refractivity contribution in [1.82, 2.24) is 4.90 Å². The van der Waals surface area contributed by atoms with Crippen LogP contribution in [-0.4, -0.2) is 29.2 Å². The predicted molar refractivity (Wildman–Crippen MR) is 63.3 cm³/mol. The van der Waals surface area contributed by atoms with Crippen LogP contribution in [0, 0.1) is 0 Å². The molecular formula is C13H17NO2. The molecule has 3 nitrogen and oxygen atoms in total. The minimum absolute atomic E-state index is 0.0161. The number of hydrogen-bond donors (Lipinski definition) is 0. The largest absolute Gasteiger partial charge is 0.333 e. The summed E-state index contributed by atoms with van der Waals surface area (Å²) in [5.41, 5.74) is 0.648. The minimum atomic E-state index is -0.398. The lowest BCUT2D eigenvalue weighted by Gasteiger charge is -2.25. The molecule has 0 aliphatic carbocycles. The van der Waals surface area contributed by atoms with E-state index in [4.69, 9.17) is 0 Å². The Hall–Kier alpha value is -1.64. The third-order valence-corrected chi connectivity index (χ3v) is 2.65. The second kappa shape index (κ2) is 5.45. The molecule has 1 aromatic carbocycles. The standard InChI is InChI=1S/C13H17NO2/c1-4-14(11(3)15)10(2)13(16)12-8-6-5-7-9-12/h5-10H,4H2,1-3H3. The van der Waals surface area contributed by atoms with Crippen molar-refractivity contribution in [3.05, 3.63) is 35.9 Å². The summed E-state index contributed by atoms with van der Waals surface area (Å²) in [7, 11) is 0. The van der Waals surface area contributed by atoms with Gasteiger partial charge in [0.1, 0.15) is 0 Å². The summed E-state index contributed by atoms with van der Waals surface area (Å²) >= 11 is 0. The Bertz CT molecular complexity index is 373. The third kappa shape index (κ3) is 2.69. The second-order valence-electron chi connectivity index (χ2n) is 3.71. The van der Waals surface area contributed by atoms with Crippen LogP contribution in [0.3, 0.4) is 0 Å². The number of ketones is 1. The molecule has 1 amide bonds. The molecule has 0 fully saturated rings. The maximum absolute atomic E-state index is 12.1. The smallest absolute Gasteiger partial charge is 0.220 e. The molecule has 86 valence electrons. The predicted octanol–water partition coefficient (Wildman–Crippen LogP) is 2.13. The zero-order valence-electron chi connectivity index (χ0n) is 9.93. The van der Waals surface area contributed by atoms with E-state index in [1.165, 1.54) is 6.92 Å². The molecule has 16 heavy (non-hydrogen) atoms. The average Bonchev–Trinajstić information content (AvgIpc) is 2.29. The van der Waals surface area contributed by atoms with E-state index in [0.717, 1.165) is 0 Å². The highest BCUT2D eigenvalue weighted by molar-refractivity contribution is 6.01. The number of Topliss-reactive ketones (excluding diaryl/α,β-unsaturated/α-hetero) is 1. The summed E-state index contributed by atoms with van der Waals surface area (Å²) in [6, 6.07) is 8.65. The fraction of sp³-hybridized carbons (Fsp3) is 0.385. The third-order valence-electron chi connectivity index (χ3n) is 2.65. The molecule has 0 saturated carbocycles. The van der Waals surface area contributed by atoms with E-state index in [2.05, 4.69) is 0 Å². The van der Waals surface area contributed by atoms with Crippen molar-refractivity contribution in [3.8, 4) is 0 Å². The van der Waals surface area contributed by atoms with E-state index in [9.17, 15) is 9.59 Å². The Morgan fingerprint density at radius 1 is 1.25 bits per heavy atom. The van der Waals surface area contributed by atoms with Gasteiger partial charge in [-0.1, -0.05) is 30.3 Å².